The Labute approximate surface area is 99.3 Å². The molecule has 0 aliphatic rings. The fourth-order valence-corrected chi connectivity index (χ4v) is 9.78. The number of rotatable bonds is 5. The molecule has 0 aromatic heterocycles. The van der Waals surface area contributed by atoms with Crippen molar-refractivity contribution in [2.24, 2.45) is 0 Å². The van der Waals surface area contributed by atoms with Crippen LogP contribution in [-0.2, 0) is 18.3 Å². The molecule has 0 bridgehead atoms. The van der Waals surface area contributed by atoms with Crippen LogP contribution in [0.3, 0.4) is 0 Å². The summed E-state index contributed by atoms with van der Waals surface area (Å²) in [5.74, 6) is 0. The zero-order valence-electron chi connectivity index (χ0n) is 8.15. The molecule has 0 unspecified atom stereocenters. The normalized spacial score (nSPS) is 15.4. The number of hydrogen-bond acceptors (Lipinski definition) is 4. The average molecular weight is 350 g/mol. The predicted molar refractivity (Wildman–Crippen MR) is 55.8 cm³/mol. The summed E-state index contributed by atoms with van der Waals surface area (Å²) in [6, 6.07) is 0. The second kappa shape index (κ2) is 5.18. The van der Waals surface area contributed by atoms with Crippen LogP contribution in [0.5, 0.6) is 0 Å². The second-order valence-corrected chi connectivity index (χ2v) is 10.9. The minimum Gasteiger partial charge on any atom is -0.324 e. The van der Waals surface area contributed by atoms with Gasteiger partial charge >= 0.3 is 30.4 Å². The molecule has 18 heavy (non-hydrogen) atoms. The van der Waals surface area contributed by atoms with Crippen LogP contribution in [0.25, 0.3) is 0 Å². The van der Waals surface area contributed by atoms with E-state index in [-0.39, 0.29) is 0 Å². The Morgan fingerprint density at radius 1 is 0.444 bits per heavy atom. The van der Waals surface area contributed by atoms with Gasteiger partial charge in [0.1, 0.15) is 0 Å². The maximum atomic E-state index is 10.8. The van der Waals surface area contributed by atoms with Crippen molar-refractivity contribution in [1.82, 2.24) is 0 Å². The van der Waals surface area contributed by atoms with Gasteiger partial charge in [-0.05, 0) is 0 Å². The lowest BCUT2D eigenvalue weighted by Crippen LogP contribution is -2.27. The molecule has 0 spiro atoms. The van der Waals surface area contributed by atoms with Gasteiger partial charge < -0.3 is 39.1 Å². The third kappa shape index (κ3) is 4.94. The van der Waals surface area contributed by atoms with Gasteiger partial charge in [-0.2, -0.15) is 0 Å². The van der Waals surface area contributed by atoms with Crippen LogP contribution in [0.2, 0.25) is 0 Å². The molecule has 12 nitrogen and oxygen atoms in total. The van der Waals surface area contributed by atoms with Crippen LogP contribution >= 0.6 is 30.4 Å². The molecule has 0 saturated carbocycles. The van der Waals surface area contributed by atoms with Crippen LogP contribution < -0.4 is 0 Å². The standard InChI is InChI=1S/C2H10O12P4/c3-15(4,5)1(16(6,7)8)2(17(9,10)11)18(12,13)14/h1-2H,(H2,3,4,5)(H2,6,7,8)(H2,9,10,11)(H2,12,13,14). The third-order valence-corrected chi connectivity index (χ3v) is 10.1. The van der Waals surface area contributed by atoms with E-state index in [0.29, 0.717) is 0 Å². The second-order valence-electron chi connectivity index (χ2n) is 3.18. The maximum Gasteiger partial charge on any atom is 0.342 e. The lowest BCUT2D eigenvalue weighted by molar-refractivity contribution is 0.309. The van der Waals surface area contributed by atoms with Crippen molar-refractivity contribution in [2.45, 2.75) is 10.8 Å². The molecule has 0 saturated heterocycles. The van der Waals surface area contributed by atoms with Gasteiger partial charge in [0.25, 0.3) is 0 Å². The summed E-state index contributed by atoms with van der Waals surface area (Å²) in [6.07, 6.45) is 0. The fourth-order valence-electron chi connectivity index (χ4n) is 1.09. The van der Waals surface area contributed by atoms with Crippen LogP contribution in [-0.4, -0.2) is 49.9 Å². The molecule has 0 amide bonds. The molecule has 8 N–H and O–H groups in total. The van der Waals surface area contributed by atoms with E-state index in [4.69, 9.17) is 39.1 Å². The largest absolute Gasteiger partial charge is 0.342 e. The van der Waals surface area contributed by atoms with Crippen molar-refractivity contribution < 1.29 is 57.4 Å². The summed E-state index contributed by atoms with van der Waals surface area (Å²) in [5.41, 5.74) is 0. The van der Waals surface area contributed by atoms with E-state index in [1.165, 1.54) is 0 Å². The first-order valence-electron chi connectivity index (χ1n) is 3.70. The van der Waals surface area contributed by atoms with Gasteiger partial charge in [0.2, 0.25) is 0 Å². The molecular weight excluding hydrogens is 340 g/mol. The summed E-state index contributed by atoms with van der Waals surface area (Å²) in [7, 11) is -23.6. The van der Waals surface area contributed by atoms with Crippen LogP contribution in [0.4, 0.5) is 0 Å². The fraction of sp³-hybridized carbons (Fsp3) is 1.00. The zero-order chi connectivity index (χ0) is 15.2. The highest BCUT2D eigenvalue weighted by Gasteiger charge is 2.62. The molecule has 16 heteroatoms. The Bertz CT molecular complexity index is 392. The smallest absolute Gasteiger partial charge is 0.324 e. The highest BCUT2D eigenvalue weighted by Crippen LogP contribution is 2.74. The minimum atomic E-state index is -5.89. The van der Waals surface area contributed by atoms with Crippen molar-refractivity contribution in [3.8, 4) is 0 Å². The predicted octanol–water partition coefficient (Wildman–Crippen LogP) is -1.65. The van der Waals surface area contributed by atoms with Gasteiger partial charge in [0.15, 0.2) is 10.8 Å². The first-order chi connectivity index (χ1) is 7.49. The van der Waals surface area contributed by atoms with Gasteiger partial charge in [-0.25, -0.2) is 0 Å². The van der Waals surface area contributed by atoms with E-state index in [1.807, 2.05) is 0 Å². The number of hydrogen-bond donors (Lipinski definition) is 8. The Morgan fingerprint density at radius 3 is 0.611 bits per heavy atom. The van der Waals surface area contributed by atoms with Gasteiger partial charge in [-0.1, -0.05) is 0 Å². The van der Waals surface area contributed by atoms with Crippen molar-refractivity contribution in [1.29, 1.82) is 0 Å². The first kappa shape index (κ1) is 18.6. The maximum absolute atomic E-state index is 10.8. The lowest BCUT2D eigenvalue weighted by atomic mass is 10.9. The van der Waals surface area contributed by atoms with E-state index in [0.717, 1.165) is 0 Å². The molecule has 110 valence electrons. The van der Waals surface area contributed by atoms with Crippen LogP contribution in [0, 0.1) is 0 Å². The zero-order valence-corrected chi connectivity index (χ0v) is 11.7. The van der Waals surface area contributed by atoms with Gasteiger partial charge in [-0.3, -0.25) is 18.3 Å². The van der Waals surface area contributed by atoms with E-state index in [1.54, 1.807) is 0 Å². The molecule has 0 radical (unpaired) electrons. The highest BCUT2D eigenvalue weighted by atomic mass is 31.3. The van der Waals surface area contributed by atoms with Gasteiger partial charge in [-0.15, -0.1) is 0 Å². The summed E-state index contributed by atoms with van der Waals surface area (Å²) >= 11 is 0. The Hall–Kier alpha value is 0.600. The van der Waals surface area contributed by atoms with E-state index >= 15 is 0 Å². The summed E-state index contributed by atoms with van der Waals surface area (Å²) in [5, 5.41) is -6.99. The molecule has 0 fully saturated rings. The van der Waals surface area contributed by atoms with Crippen LogP contribution in [0.1, 0.15) is 0 Å². The molecule has 0 aliphatic heterocycles. The van der Waals surface area contributed by atoms with Crippen molar-refractivity contribution >= 4 is 30.4 Å². The highest BCUT2D eigenvalue weighted by molar-refractivity contribution is 7.78. The molecule has 0 heterocycles. The summed E-state index contributed by atoms with van der Waals surface area (Å²) in [4.78, 5) is 69.1. The quantitative estimate of drug-likeness (QED) is 0.261. The van der Waals surface area contributed by atoms with Gasteiger partial charge in [0, 0.05) is 0 Å². The first-order valence-corrected chi connectivity index (χ1v) is 10.4. The molecule has 0 rings (SSSR count). The van der Waals surface area contributed by atoms with E-state index in [9.17, 15) is 18.3 Å². The molecule has 0 aliphatic carbocycles. The third-order valence-electron chi connectivity index (χ3n) is 1.65. The Morgan fingerprint density at radius 2 is 0.556 bits per heavy atom. The monoisotopic (exact) mass is 350 g/mol. The summed E-state index contributed by atoms with van der Waals surface area (Å²) < 4.78 is 43.3. The molecule has 0 aromatic rings. The molecule has 0 atom stereocenters. The average Bonchev–Trinajstić information content (AvgIpc) is 1.89. The minimum absolute atomic E-state index is 3.49. The van der Waals surface area contributed by atoms with Crippen LogP contribution in [0.15, 0.2) is 0 Å². The lowest BCUT2D eigenvalue weighted by Gasteiger charge is -2.28. The molecular formula is C2H10O12P4. The van der Waals surface area contributed by atoms with Gasteiger partial charge in [0.05, 0.1) is 0 Å². The summed E-state index contributed by atoms with van der Waals surface area (Å²) in [6.45, 7) is 0. The van der Waals surface area contributed by atoms with E-state index in [2.05, 4.69) is 0 Å². The van der Waals surface area contributed by atoms with Crippen molar-refractivity contribution in [3.05, 3.63) is 0 Å². The van der Waals surface area contributed by atoms with Crippen molar-refractivity contribution in [2.75, 3.05) is 0 Å². The van der Waals surface area contributed by atoms with Crippen molar-refractivity contribution in [3.63, 3.8) is 0 Å². The SMILES string of the molecule is O=P(O)(O)C(C(P(=O)(O)O)P(=O)(O)O)P(=O)(O)O. The van der Waals surface area contributed by atoms with E-state index < -0.39 is 41.2 Å². The molecule has 0 aromatic carbocycles. The Balaban J connectivity index is 6.19. The topological polar surface area (TPSA) is 230 Å². The Kier molecular flexibility index (Phi) is 5.35.